The lowest BCUT2D eigenvalue weighted by Gasteiger charge is -2.15. The van der Waals surface area contributed by atoms with Gasteiger partial charge in [-0.15, -0.1) is 12.4 Å². The molecule has 162 valence electrons. The molecule has 0 saturated heterocycles. The fraction of sp³-hybridized carbons (Fsp3) is 0.333. The number of halogens is 1. The Kier molecular flexibility index (Phi) is 8.91. The number of rotatable bonds is 10. The van der Waals surface area contributed by atoms with Gasteiger partial charge in [0.25, 0.3) is 5.56 Å². The highest BCUT2D eigenvalue weighted by molar-refractivity contribution is 5.85. The van der Waals surface area contributed by atoms with Crippen LogP contribution in [0.15, 0.2) is 47.3 Å². The van der Waals surface area contributed by atoms with E-state index in [0.29, 0.717) is 53.7 Å². The molecule has 0 aliphatic heterocycles. The van der Waals surface area contributed by atoms with E-state index >= 15 is 0 Å². The van der Waals surface area contributed by atoms with Gasteiger partial charge in [0.15, 0.2) is 11.5 Å². The highest BCUT2D eigenvalue weighted by Crippen LogP contribution is 2.25. The number of aromatic amines is 1. The van der Waals surface area contributed by atoms with Crippen LogP contribution in [0.1, 0.15) is 5.69 Å². The topological polar surface area (TPSA) is 106 Å². The van der Waals surface area contributed by atoms with E-state index in [9.17, 15) is 9.90 Å². The van der Waals surface area contributed by atoms with E-state index in [0.717, 1.165) is 0 Å². The lowest BCUT2D eigenvalue weighted by atomic mass is 10.2. The first-order chi connectivity index (χ1) is 14.1. The lowest BCUT2D eigenvalue weighted by Crippen LogP contribution is -2.33. The number of hydrogen-bond acceptors (Lipinski definition) is 7. The zero-order valence-corrected chi connectivity index (χ0v) is 17.7. The molecule has 0 radical (unpaired) electrons. The first kappa shape index (κ1) is 23.5. The summed E-state index contributed by atoms with van der Waals surface area (Å²) < 4.78 is 16.6. The molecule has 3 aromatic rings. The van der Waals surface area contributed by atoms with Crippen LogP contribution in [0.2, 0.25) is 0 Å². The van der Waals surface area contributed by atoms with Crippen molar-refractivity contribution in [3.8, 4) is 17.2 Å². The van der Waals surface area contributed by atoms with Crippen LogP contribution in [0.4, 0.5) is 0 Å². The molecule has 0 bridgehead atoms. The maximum absolute atomic E-state index is 11.7. The molecule has 0 aliphatic carbocycles. The van der Waals surface area contributed by atoms with Crippen molar-refractivity contribution in [1.29, 1.82) is 0 Å². The number of methoxy groups -OCH3 is 1. The number of benzene rings is 2. The van der Waals surface area contributed by atoms with Crippen molar-refractivity contribution in [2.75, 3.05) is 33.4 Å². The van der Waals surface area contributed by atoms with E-state index in [1.165, 1.54) is 0 Å². The van der Waals surface area contributed by atoms with E-state index in [1.54, 1.807) is 32.2 Å². The fourth-order valence-corrected chi connectivity index (χ4v) is 2.77. The highest BCUT2D eigenvalue weighted by Gasteiger charge is 2.10. The van der Waals surface area contributed by atoms with Crippen LogP contribution >= 0.6 is 12.4 Å². The van der Waals surface area contributed by atoms with Gasteiger partial charge in [-0.3, -0.25) is 4.79 Å². The van der Waals surface area contributed by atoms with Gasteiger partial charge in [-0.05, 0) is 31.2 Å². The van der Waals surface area contributed by atoms with Gasteiger partial charge >= 0.3 is 0 Å². The number of nitrogens with zero attached hydrogens (tertiary/aromatic N) is 1. The van der Waals surface area contributed by atoms with Crippen molar-refractivity contribution in [1.82, 2.24) is 15.3 Å². The van der Waals surface area contributed by atoms with Crippen molar-refractivity contribution in [2.45, 2.75) is 13.0 Å². The van der Waals surface area contributed by atoms with Crippen molar-refractivity contribution >= 4 is 23.4 Å². The van der Waals surface area contributed by atoms with Crippen molar-refractivity contribution < 1.29 is 19.3 Å². The number of aryl methyl sites for hydroxylation is 1. The molecule has 3 N–H and O–H groups in total. The second-order valence-corrected chi connectivity index (χ2v) is 6.47. The fourth-order valence-electron chi connectivity index (χ4n) is 2.77. The standard InChI is InChI=1S/C21H25N3O5.ClH/c1-14-21(26)24-16-6-5-9-19(20(16)23-14)29-13-15(25)12-22-10-11-28-18-8-4-3-7-17(18)27-2;/h3-9,15,22,25H,10-13H2,1-2H3,(H,24,26);1H. The van der Waals surface area contributed by atoms with E-state index < -0.39 is 6.10 Å². The Morgan fingerprint density at radius 1 is 1.10 bits per heavy atom. The second kappa shape index (κ2) is 11.4. The summed E-state index contributed by atoms with van der Waals surface area (Å²) in [5, 5.41) is 13.3. The van der Waals surface area contributed by atoms with Crippen LogP contribution in [0.5, 0.6) is 17.2 Å². The molecule has 0 saturated carbocycles. The van der Waals surface area contributed by atoms with E-state index in [2.05, 4.69) is 15.3 Å². The summed E-state index contributed by atoms with van der Waals surface area (Å²) in [6.45, 7) is 3.09. The number of H-pyrrole nitrogens is 1. The number of aromatic nitrogens is 2. The Bertz CT molecular complexity index is 1010. The largest absolute Gasteiger partial charge is 0.493 e. The van der Waals surface area contributed by atoms with Gasteiger partial charge in [-0.25, -0.2) is 4.98 Å². The Hall–Kier alpha value is -2.81. The first-order valence-electron chi connectivity index (χ1n) is 9.35. The molecule has 1 aromatic heterocycles. The quantitative estimate of drug-likeness (QED) is 0.418. The normalized spacial score (nSPS) is 11.6. The molecule has 9 heteroatoms. The Labute approximate surface area is 180 Å². The predicted molar refractivity (Wildman–Crippen MR) is 117 cm³/mol. The number of fused-ring (bicyclic) bond motifs is 1. The van der Waals surface area contributed by atoms with E-state index in [4.69, 9.17) is 14.2 Å². The summed E-state index contributed by atoms with van der Waals surface area (Å²) >= 11 is 0. The van der Waals surface area contributed by atoms with Gasteiger partial charge in [-0.1, -0.05) is 18.2 Å². The molecule has 3 rings (SSSR count). The van der Waals surface area contributed by atoms with Crippen molar-refractivity contribution in [3.05, 3.63) is 58.5 Å². The molecule has 8 nitrogen and oxygen atoms in total. The third-order valence-corrected chi connectivity index (χ3v) is 4.27. The van der Waals surface area contributed by atoms with Crippen molar-refractivity contribution in [3.63, 3.8) is 0 Å². The summed E-state index contributed by atoms with van der Waals surface area (Å²) in [6, 6.07) is 12.7. The smallest absolute Gasteiger partial charge is 0.269 e. The molecule has 1 atom stereocenters. The third-order valence-electron chi connectivity index (χ3n) is 4.27. The van der Waals surface area contributed by atoms with Gasteiger partial charge in [-0.2, -0.15) is 0 Å². The van der Waals surface area contributed by atoms with E-state index in [-0.39, 0.29) is 24.6 Å². The maximum Gasteiger partial charge on any atom is 0.269 e. The molecule has 1 heterocycles. The van der Waals surface area contributed by atoms with Gasteiger partial charge in [0, 0.05) is 13.1 Å². The zero-order valence-electron chi connectivity index (χ0n) is 16.9. The monoisotopic (exact) mass is 435 g/mol. The third kappa shape index (κ3) is 6.09. The number of nitrogens with one attached hydrogen (secondary N) is 2. The van der Waals surface area contributed by atoms with Gasteiger partial charge in [0.1, 0.15) is 36.3 Å². The number of para-hydroxylation sites is 3. The number of hydrogen-bond donors (Lipinski definition) is 3. The molecule has 2 aromatic carbocycles. The summed E-state index contributed by atoms with van der Waals surface area (Å²) in [7, 11) is 1.60. The molecule has 1 unspecified atom stereocenters. The van der Waals surface area contributed by atoms with Crippen LogP contribution in [0, 0.1) is 6.92 Å². The lowest BCUT2D eigenvalue weighted by molar-refractivity contribution is 0.106. The summed E-state index contributed by atoms with van der Waals surface area (Å²) in [6.07, 6.45) is -0.708. The molecule has 30 heavy (non-hydrogen) atoms. The summed E-state index contributed by atoms with van der Waals surface area (Å²) in [4.78, 5) is 18.7. The highest BCUT2D eigenvalue weighted by atomic mass is 35.5. The maximum atomic E-state index is 11.7. The Balaban J connectivity index is 0.00000320. The van der Waals surface area contributed by atoms with Crippen LogP contribution in [-0.2, 0) is 0 Å². The number of ether oxygens (including phenoxy) is 3. The van der Waals surface area contributed by atoms with Gasteiger partial charge in [0.05, 0.1) is 12.6 Å². The molecule has 0 spiro atoms. The van der Waals surface area contributed by atoms with Crippen LogP contribution in [-0.4, -0.2) is 54.6 Å². The van der Waals surface area contributed by atoms with Crippen LogP contribution < -0.4 is 25.1 Å². The first-order valence-corrected chi connectivity index (χ1v) is 9.35. The van der Waals surface area contributed by atoms with E-state index in [1.807, 2.05) is 24.3 Å². The molecular formula is C21H26ClN3O5. The van der Waals surface area contributed by atoms with Crippen LogP contribution in [0.3, 0.4) is 0 Å². The second-order valence-electron chi connectivity index (χ2n) is 6.47. The average molecular weight is 436 g/mol. The minimum Gasteiger partial charge on any atom is -0.493 e. The minimum atomic E-state index is -0.708. The van der Waals surface area contributed by atoms with Gasteiger partial charge in [0.2, 0.25) is 0 Å². The summed E-state index contributed by atoms with van der Waals surface area (Å²) in [5.74, 6) is 1.87. The minimum absolute atomic E-state index is 0. The number of aliphatic hydroxyl groups excluding tert-OH is 1. The molecule has 0 fully saturated rings. The Morgan fingerprint density at radius 3 is 2.60 bits per heavy atom. The molecular weight excluding hydrogens is 410 g/mol. The van der Waals surface area contributed by atoms with Crippen molar-refractivity contribution in [2.24, 2.45) is 0 Å². The zero-order chi connectivity index (χ0) is 20.6. The predicted octanol–water partition coefficient (Wildman–Crippen LogP) is 2.07. The molecule has 0 amide bonds. The molecule has 0 aliphatic rings. The van der Waals surface area contributed by atoms with Crippen LogP contribution in [0.25, 0.3) is 11.0 Å². The Morgan fingerprint density at radius 2 is 1.83 bits per heavy atom. The average Bonchev–Trinajstić information content (AvgIpc) is 2.73. The summed E-state index contributed by atoms with van der Waals surface area (Å²) in [5.41, 5.74) is 1.30. The van der Waals surface area contributed by atoms with Gasteiger partial charge < -0.3 is 29.6 Å². The number of aliphatic hydroxyl groups is 1. The SMILES string of the molecule is COc1ccccc1OCCNCC(O)COc1cccc2[nH]c(=O)c(C)nc12.Cl.